The first kappa shape index (κ1) is 14.6. The van der Waals surface area contributed by atoms with Gasteiger partial charge in [-0.1, -0.05) is 6.07 Å². The molecule has 0 saturated heterocycles. The van der Waals surface area contributed by atoms with E-state index in [1.807, 2.05) is 26.0 Å². The van der Waals surface area contributed by atoms with Crippen LogP contribution in [0.4, 0.5) is 0 Å². The lowest BCUT2D eigenvalue weighted by Gasteiger charge is -2.06. The van der Waals surface area contributed by atoms with Crippen molar-refractivity contribution in [1.82, 2.24) is 5.32 Å². The van der Waals surface area contributed by atoms with Crippen LogP contribution in [-0.2, 0) is 4.79 Å². The molecular formula is C13H17NO3S. The highest BCUT2D eigenvalue weighted by Crippen LogP contribution is 2.09. The van der Waals surface area contributed by atoms with Gasteiger partial charge in [-0.2, -0.15) is 0 Å². The second-order valence-corrected chi connectivity index (χ2v) is 5.11. The molecule has 98 valence electrons. The fourth-order valence-electron chi connectivity index (χ4n) is 1.38. The summed E-state index contributed by atoms with van der Waals surface area (Å²) in [5, 5.41) is 11.2. The normalized spacial score (nSPS) is 10.1. The van der Waals surface area contributed by atoms with Gasteiger partial charge in [0.2, 0.25) is 0 Å². The summed E-state index contributed by atoms with van der Waals surface area (Å²) in [6.45, 7) is 4.44. The summed E-state index contributed by atoms with van der Waals surface area (Å²) in [5.74, 6) is -0.280. The van der Waals surface area contributed by atoms with Crippen LogP contribution < -0.4 is 5.32 Å². The molecule has 1 aromatic carbocycles. The number of benzene rings is 1. The van der Waals surface area contributed by atoms with Gasteiger partial charge in [-0.15, -0.1) is 11.8 Å². The third-order valence-corrected chi connectivity index (χ3v) is 3.47. The lowest BCUT2D eigenvalue weighted by atomic mass is 10.1. The Hall–Kier alpha value is -1.49. The third-order valence-electron chi connectivity index (χ3n) is 2.53. The van der Waals surface area contributed by atoms with Gasteiger partial charge in [-0.3, -0.25) is 9.59 Å². The molecule has 0 atom stereocenters. The Kier molecular flexibility index (Phi) is 5.71. The van der Waals surface area contributed by atoms with Crippen LogP contribution in [0, 0.1) is 13.8 Å². The maximum atomic E-state index is 11.8. The number of carboxylic acid groups (broad SMARTS) is 1. The van der Waals surface area contributed by atoms with Gasteiger partial charge in [0.1, 0.15) is 0 Å². The van der Waals surface area contributed by atoms with Gasteiger partial charge in [0.05, 0.1) is 5.75 Å². The quantitative estimate of drug-likeness (QED) is 0.772. The van der Waals surface area contributed by atoms with Gasteiger partial charge >= 0.3 is 5.97 Å². The molecule has 0 aliphatic rings. The van der Waals surface area contributed by atoms with Crippen LogP contribution in [0.25, 0.3) is 0 Å². The van der Waals surface area contributed by atoms with Crippen LogP contribution in [0.2, 0.25) is 0 Å². The Morgan fingerprint density at radius 3 is 2.61 bits per heavy atom. The van der Waals surface area contributed by atoms with Crippen molar-refractivity contribution in [2.75, 3.05) is 18.1 Å². The van der Waals surface area contributed by atoms with Gasteiger partial charge in [0.25, 0.3) is 5.91 Å². The molecule has 0 radical (unpaired) electrons. The number of aliphatic carboxylic acids is 1. The fraction of sp³-hybridized carbons (Fsp3) is 0.385. The zero-order valence-electron chi connectivity index (χ0n) is 10.5. The molecule has 2 N–H and O–H groups in total. The summed E-state index contributed by atoms with van der Waals surface area (Å²) in [7, 11) is 0. The largest absolute Gasteiger partial charge is 0.481 e. The molecule has 1 aromatic rings. The maximum Gasteiger partial charge on any atom is 0.313 e. The summed E-state index contributed by atoms with van der Waals surface area (Å²) < 4.78 is 0. The molecule has 0 unspecified atom stereocenters. The number of carbonyl (C=O) groups is 2. The molecule has 0 heterocycles. The Labute approximate surface area is 111 Å². The monoisotopic (exact) mass is 267 g/mol. The van der Waals surface area contributed by atoms with Crippen molar-refractivity contribution < 1.29 is 14.7 Å². The van der Waals surface area contributed by atoms with E-state index in [0.717, 1.165) is 11.1 Å². The smallest absolute Gasteiger partial charge is 0.313 e. The first-order chi connectivity index (χ1) is 8.50. The molecule has 4 nitrogen and oxygen atoms in total. The molecule has 5 heteroatoms. The van der Waals surface area contributed by atoms with Gasteiger partial charge in [0, 0.05) is 17.9 Å². The second-order valence-electron chi connectivity index (χ2n) is 4.00. The molecule has 0 spiro atoms. The van der Waals surface area contributed by atoms with E-state index < -0.39 is 5.97 Å². The molecule has 0 aromatic heterocycles. The van der Waals surface area contributed by atoms with Crippen molar-refractivity contribution in [1.29, 1.82) is 0 Å². The van der Waals surface area contributed by atoms with Gasteiger partial charge in [-0.25, -0.2) is 0 Å². The Morgan fingerprint density at radius 2 is 2.00 bits per heavy atom. The van der Waals surface area contributed by atoms with Gasteiger partial charge in [-0.05, 0) is 37.1 Å². The summed E-state index contributed by atoms with van der Waals surface area (Å²) in [6.07, 6.45) is 0. The number of hydrogen-bond acceptors (Lipinski definition) is 3. The number of carbonyl (C=O) groups excluding carboxylic acids is 1. The van der Waals surface area contributed by atoms with E-state index in [-0.39, 0.29) is 11.7 Å². The Morgan fingerprint density at radius 1 is 1.28 bits per heavy atom. The SMILES string of the molecule is Cc1ccc(C(=O)NCCSCC(=O)O)cc1C. The molecule has 18 heavy (non-hydrogen) atoms. The van der Waals surface area contributed by atoms with E-state index in [2.05, 4.69) is 5.32 Å². The van der Waals surface area contributed by atoms with Crippen molar-refractivity contribution >= 4 is 23.6 Å². The van der Waals surface area contributed by atoms with Crippen LogP contribution in [0.1, 0.15) is 21.5 Å². The number of carboxylic acids is 1. The zero-order valence-corrected chi connectivity index (χ0v) is 11.3. The first-order valence-electron chi connectivity index (χ1n) is 5.65. The summed E-state index contributed by atoms with van der Waals surface area (Å²) in [4.78, 5) is 22.0. The molecule has 1 rings (SSSR count). The average Bonchev–Trinajstić information content (AvgIpc) is 2.31. The van der Waals surface area contributed by atoms with E-state index in [0.29, 0.717) is 17.9 Å². The minimum absolute atomic E-state index is 0.0690. The molecule has 1 amide bonds. The number of aryl methyl sites for hydroxylation is 2. The van der Waals surface area contributed by atoms with Crippen LogP contribution in [-0.4, -0.2) is 35.0 Å². The van der Waals surface area contributed by atoms with Crippen molar-refractivity contribution in [3.63, 3.8) is 0 Å². The Balaban J connectivity index is 2.36. The Bertz CT molecular complexity index is 446. The van der Waals surface area contributed by atoms with Crippen LogP contribution in [0.3, 0.4) is 0 Å². The van der Waals surface area contributed by atoms with Crippen molar-refractivity contribution in [2.24, 2.45) is 0 Å². The number of thioether (sulfide) groups is 1. The molecule has 0 aliphatic heterocycles. The highest BCUT2D eigenvalue weighted by molar-refractivity contribution is 7.99. The van der Waals surface area contributed by atoms with Crippen LogP contribution in [0.15, 0.2) is 18.2 Å². The second kappa shape index (κ2) is 7.06. The topological polar surface area (TPSA) is 66.4 Å². The lowest BCUT2D eigenvalue weighted by Crippen LogP contribution is -2.26. The van der Waals surface area contributed by atoms with E-state index >= 15 is 0 Å². The number of rotatable bonds is 6. The summed E-state index contributed by atoms with van der Waals surface area (Å²) >= 11 is 1.29. The van der Waals surface area contributed by atoms with Crippen molar-refractivity contribution in [3.8, 4) is 0 Å². The molecule has 0 aliphatic carbocycles. The van der Waals surface area contributed by atoms with Gasteiger partial charge in [0.15, 0.2) is 0 Å². The minimum atomic E-state index is -0.833. The van der Waals surface area contributed by atoms with E-state index in [4.69, 9.17) is 5.11 Å². The average molecular weight is 267 g/mol. The minimum Gasteiger partial charge on any atom is -0.481 e. The van der Waals surface area contributed by atoms with Crippen molar-refractivity contribution in [3.05, 3.63) is 34.9 Å². The fourth-order valence-corrected chi connectivity index (χ4v) is 1.95. The predicted molar refractivity (Wildman–Crippen MR) is 73.2 cm³/mol. The van der Waals surface area contributed by atoms with E-state index in [1.54, 1.807) is 6.07 Å². The maximum absolute atomic E-state index is 11.8. The predicted octanol–water partition coefficient (Wildman–Crippen LogP) is 1.85. The molecule has 0 saturated carbocycles. The summed E-state index contributed by atoms with van der Waals surface area (Å²) in [5.41, 5.74) is 2.88. The van der Waals surface area contributed by atoms with Crippen LogP contribution >= 0.6 is 11.8 Å². The van der Waals surface area contributed by atoms with Crippen LogP contribution in [0.5, 0.6) is 0 Å². The highest BCUT2D eigenvalue weighted by Gasteiger charge is 2.06. The third kappa shape index (κ3) is 4.79. The number of nitrogens with one attached hydrogen (secondary N) is 1. The number of hydrogen-bond donors (Lipinski definition) is 2. The molecule has 0 bridgehead atoms. The number of amides is 1. The van der Waals surface area contributed by atoms with Crippen molar-refractivity contribution in [2.45, 2.75) is 13.8 Å². The first-order valence-corrected chi connectivity index (χ1v) is 6.81. The van der Waals surface area contributed by atoms with E-state index in [1.165, 1.54) is 11.8 Å². The lowest BCUT2D eigenvalue weighted by molar-refractivity contribution is -0.133. The van der Waals surface area contributed by atoms with E-state index in [9.17, 15) is 9.59 Å². The highest BCUT2D eigenvalue weighted by atomic mass is 32.2. The van der Waals surface area contributed by atoms with Gasteiger partial charge < -0.3 is 10.4 Å². The zero-order chi connectivity index (χ0) is 13.5. The summed E-state index contributed by atoms with van der Waals surface area (Å²) in [6, 6.07) is 5.57. The molecular weight excluding hydrogens is 250 g/mol. The molecule has 0 fully saturated rings. The standard InChI is InChI=1S/C13H17NO3S/c1-9-3-4-11(7-10(9)2)13(17)14-5-6-18-8-12(15)16/h3-4,7H,5-6,8H2,1-2H3,(H,14,17)(H,15,16).